The van der Waals surface area contributed by atoms with E-state index in [0.717, 1.165) is 24.4 Å². The van der Waals surface area contributed by atoms with Gasteiger partial charge in [0.05, 0.1) is 7.11 Å². The largest absolute Gasteiger partial charge is 0.496 e. The van der Waals surface area contributed by atoms with Crippen LogP contribution in [0, 0.1) is 6.92 Å². The lowest BCUT2D eigenvalue weighted by molar-refractivity contribution is 0.399. The highest BCUT2D eigenvalue weighted by Gasteiger charge is 2.15. The third kappa shape index (κ3) is 3.58. The van der Waals surface area contributed by atoms with Crippen molar-refractivity contribution in [1.82, 2.24) is 10.3 Å². The molecular weight excluding hydrogens is 248 g/mol. The molecule has 0 amide bonds. The third-order valence-corrected chi connectivity index (χ3v) is 3.35. The van der Waals surface area contributed by atoms with Gasteiger partial charge in [0.25, 0.3) is 0 Å². The maximum absolute atomic E-state index is 5.47. The molecule has 20 heavy (non-hydrogen) atoms. The van der Waals surface area contributed by atoms with Crippen LogP contribution in [0.3, 0.4) is 0 Å². The first-order valence-corrected chi connectivity index (χ1v) is 7.02. The lowest BCUT2D eigenvalue weighted by Gasteiger charge is -2.20. The minimum atomic E-state index is 0.214. The predicted octanol–water partition coefficient (Wildman–Crippen LogP) is 3.29. The number of aromatic nitrogens is 1. The van der Waals surface area contributed by atoms with Crippen molar-refractivity contribution >= 4 is 0 Å². The van der Waals surface area contributed by atoms with E-state index in [1.165, 1.54) is 11.1 Å². The van der Waals surface area contributed by atoms with E-state index >= 15 is 0 Å². The van der Waals surface area contributed by atoms with Gasteiger partial charge in [-0.05, 0) is 31.2 Å². The smallest absolute Gasteiger partial charge is 0.123 e. The van der Waals surface area contributed by atoms with Crippen LogP contribution in [0.15, 0.2) is 42.6 Å². The van der Waals surface area contributed by atoms with Crippen LogP contribution in [0.5, 0.6) is 5.75 Å². The number of pyridine rings is 1. The van der Waals surface area contributed by atoms with Crippen LogP contribution in [-0.4, -0.2) is 18.6 Å². The SMILES string of the molecule is CCNC(Cc1ccc(C)cn1)c1ccccc1OC. The van der Waals surface area contributed by atoms with E-state index in [4.69, 9.17) is 4.74 Å². The van der Waals surface area contributed by atoms with Gasteiger partial charge in [-0.3, -0.25) is 4.98 Å². The number of hydrogen-bond acceptors (Lipinski definition) is 3. The number of para-hydroxylation sites is 1. The summed E-state index contributed by atoms with van der Waals surface area (Å²) in [5.41, 5.74) is 3.46. The number of nitrogens with one attached hydrogen (secondary N) is 1. The Kier molecular flexibility index (Phi) is 5.13. The number of rotatable bonds is 6. The van der Waals surface area contributed by atoms with Crippen LogP contribution >= 0.6 is 0 Å². The minimum Gasteiger partial charge on any atom is -0.496 e. The van der Waals surface area contributed by atoms with Gasteiger partial charge < -0.3 is 10.1 Å². The maximum atomic E-state index is 5.47. The van der Waals surface area contributed by atoms with Gasteiger partial charge in [0.1, 0.15) is 5.75 Å². The van der Waals surface area contributed by atoms with Crippen molar-refractivity contribution in [3.8, 4) is 5.75 Å². The highest BCUT2D eigenvalue weighted by atomic mass is 16.5. The first-order valence-electron chi connectivity index (χ1n) is 7.02. The monoisotopic (exact) mass is 270 g/mol. The Morgan fingerprint density at radius 2 is 2.00 bits per heavy atom. The summed E-state index contributed by atoms with van der Waals surface area (Å²) < 4.78 is 5.47. The van der Waals surface area contributed by atoms with Gasteiger partial charge in [0.15, 0.2) is 0 Å². The van der Waals surface area contributed by atoms with Gasteiger partial charge in [0, 0.05) is 29.9 Å². The van der Waals surface area contributed by atoms with Crippen LogP contribution in [-0.2, 0) is 6.42 Å². The number of benzene rings is 1. The van der Waals surface area contributed by atoms with Crippen molar-refractivity contribution in [2.45, 2.75) is 26.3 Å². The molecule has 3 nitrogen and oxygen atoms in total. The Morgan fingerprint density at radius 3 is 2.65 bits per heavy atom. The Balaban J connectivity index is 2.24. The summed E-state index contributed by atoms with van der Waals surface area (Å²) >= 11 is 0. The van der Waals surface area contributed by atoms with Crippen molar-refractivity contribution in [2.24, 2.45) is 0 Å². The predicted molar refractivity (Wildman–Crippen MR) is 82.1 cm³/mol. The molecule has 1 N–H and O–H groups in total. The van der Waals surface area contributed by atoms with E-state index in [2.05, 4.69) is 42.3 Å². The normalized spacial score (nSPS) is 12.2. The van der Waals surface area contributed by atoms with Crippen molar-refractivity contribution in [2.75, 3.05) is 13.7 Å². The summed E-state index contributed by atoms with van der Waals surface area (Å²) in [6.07, 6.45) is 2.77. The molecule has 0 saturated heterocycles. The fraction of sp³-hybridized carbons (Fsp3) is 0.353. The number of ether oxygens (including phenoxy) is 1. The lowest BCUT2D eigenvalue weighted by Crippen LogP contribution is -2.23. The molecule has 2 rings (SSSR count). The second-order valence-electron chi connectivity index (χ2n) is 4.88. The summed E-state index contributed by atoms with van der Waals surface area (Å²) in [5, 5.41) is 3.52. The van der Waals surface area contributed by atoms with E-state index in [0.29, 0.717) is 0 Å². The molecule has 106 valence electrons. The average Bonchev–Trinajstić information content (AvgIpc) is 2.49. The van der Waals surface area contributed by atoms with Gasteiger partial charge in [-0.1, -0.05) is 31.2 Å². The highest BCUT2D eigenvalue weighted by molar-refractivity contribution is 5.36. The molecule has 0 spiro atoms. The van der Waals surface area contributed by atoms with E-state index in [9.17, 15) is 0 Å². The van der Waals surface area contributed by atoms with Gasteiger partial charge in [0.2, 0.25) is 0 Å². The van der Waals surface area contributed by atoms with E-state index in [1.54, 1.807) is 7.11 Å². The van der Waals surface area contributed by atoms with Gasteiger partial charge >= 0.3 is 0 Å². The van der Waals surface area contributed by atoms with Crippen molar-refractivity contribution in [1.29, 1.82) is 0 Å². The molecular formula is C17H22N2O. The second-order valence-corrected chi connectivity index (χ2v) is 4.88. The molecule has 0 bridgehead atoms. The molecule has 1 heterocycles. The zero-order chi connectivity index (χ0) is 14.4. The van der Waals surface area contributed by atoms with E-state index < -0.39 is 0 Å². The molecule has 1 aromatic heterocycles. The van der Waals surface area contributed by atoms with Crippen molar-refractivity contribution in [3.05, 3.63) is 59.4 Å². The zero-order valence-corrected chi connectivity index (χ0v) is 12.4. The van der Waals surface area contributed by atoms with E-state index in [1.807, 2.05) is 24.4 Å². The van der Waals surface area contributed by atoms with Crippen LogP contribution in [0.1, 0.15) is 29.8 Å². The molecule has 0 aliphatic carbocycles. The topological polar surface area (TPSA) is 34.2 Å². The molecule has 0 radical (unpaired) electrons. The number of likely N-dealkylation sites (N-methyl/N-ethyl adjacent to an activating group) is 1. The molecule has 1 atom stereocenters. The second kappa shape index (κ2) is 7.06. The van der Waals surface area contributed by atoms with Gasteiger partial charge in [-0.25, -0.2) is 0 Å². The summed E-state index contributed by atoms with van der Waals surface area (Å²) in [6, 6.07) is 12.6. The first kappa shape index (κ1) is 14.5. The first-order chi connectivity index (χ1) is 9.74. The summed E-state index contributed by atoms with van der Waals surface area (Å²) in [4.78, 5) is 4.50. The van der Waals surface area contributed by atoms with Crippen molar-refractivity contribution in [3.63, 3.8) is 0 Å². The number of hydrogen-bond donors (Lipinski definition) is 1. The summed E-state index contributed by atoms with van der Waals surface area (Å²) in [7, 11) is 1.71. The number of methoxy groups -OCH3 is 1. The Hall–Kier alpha value is -1.87. The van der Waals surface area contributed by atoms with Crippen LogP contribution < -0.4 is 10.1 Å². The fourth-order valence-corrected chi connectivity index (χ4v) is 2.32. The van der Waals surface area contributed by atoms with Crippen molar-refractivity contribution < 1.29 is 4.74 Å². The van der Waals surface area contributed by atoms with Crippen LogP contribution in [0.25, 0.3) is 0 Å². The standard InChI is InChI=1S/C17H22N2O/c1-4-18-16(11-14-10-9-13(2)12-19-14)15-7-5-6-8-17(15)20-3/h5-10,12,16,18H,4,11H2,1-3H3. The molecule has 0 aliphatic rings. The highest BCUT2D eigenvalue weighted by Crippen LogP contribution is 2.27. The van der Waals surface area contributed by atoms with Crippen LogP contribution in [0.2, 0.25) is 0 Å². The van der Waals surface area contributed by atoms with Gasteiger partial charge in [-0.15, -0.1) is 0 Å². The quantitative estimate of drug-likeness (QED) is 0.874. The summed E-state index contributed by atoms with van der Waals surface area (Å²) in [6.45, 7) is 5.08. The molecule has 2 aromatic rings. The minimum absolute atomic E-state index is 0.214. The van der Waals surface area contributed by atoms with E-state index in [-0.39, 0.29) is 6.04 Å². The number of nitrogens with zero attached hydrogens (tertiary/aromatic N) is 1. The molecule has 0 aliphatic heterocycles. The lowest BCUT2D eigenvalue weighted by atomic mass is 10.0. The molecule has 0 saturated carbocycles. The van der Waals surface area contributed by atoms with Gasteiger partial charge in [-0.2, -0.15) is 0 Å². The molecule has 0 fully saturated rings. The molecule has 1 unspecified atom stereocenters. The molecule has 1 aromatic carbocycles. The Bertz CT molecular complexity index is 537. The average molecular weight is 270 g/mol. The van der Waals surface area contributed by atoms with Crippen LogP contribution in [0.4, 0.5) is 0 Å². The maximum Gasteiger partial charge on any atom is 0.123 e. The number of aryl methyl sites for hydroxylation is 1. The zero-order valence-electron chi connectivity index (χ0n) is 12.4. The Labute approximate surface area is 121 Å². The third-order valence-electron chi connectivity index (χ3n) is 3.35. The Morgan fingerprint density at radius 1 is 1.20 bits per heavy atom. The molecule has 3 heteroatoms. The summed E-state index contributed by atoms with van der Waals surface area (Å²) in [5.74, 6) is 0.922. The fourth-order valence-electron chi connectivity index (χ4n) is 2.32.